The molecule has 8 heteroatoms. The Morgan fingerprint density at radius 3 is 2.93 bits per heavy atom. The van der Waals surface area contributed by atoms with Crippen LogP contribution in [0.3, 0.4) is 0 Å². The van der Waals surface area contributed by atoms with E-state index in [4.69, 9.17) is 9.26 Å². The Bertz CT molecular complexity index is 738. The van der Waals surface area contributed by atoms with Crippen molar-refractivity contribution in [3.63, 3.8) is 0 Å². The van der Waals surface area contributed by atoms with Gasteiger partial charge in [-0.15, -0.1) is 0 Å². The van der Waals surface area contributed by atoms with Gasteiger partial charge in [-0.25, -0.2) is 0 Å². The summed E-state index contributed by atoms with van der Waals surface area (Å²) in [7, 11) is 0. The van der Waals surface area contributed by atoms with Crippen LogP contribution in [0.4, 0.5) is 0 Å². The van der Waals surface area contributed by atoms with E-state index in [2.05, 4.69) is 15.5 Å². The highest BCUT2D eigenvalue weighted by molar-refractivity contribution is 7.08. The highest BCUT2D eigenvalue weighted by Crippen LogP contribution is 2.22. The third-order valence-corrected chi connectivity index (χ3v) is 5.44. The molecule has 2 aromatic rings. The molecule has 0 unspecified atom stereocenters. The Labute approximate surface area is 162 Å². The number of aryl methyl sites for hydroxylation is 1. The maximum absolute atomic E-state index is 12.1. The van der Waals surface area contributed by atoms with E-state index in [-0.39, 0.29) is 18.7 Å². The van der Waals surface area contributed by atoms with Gasteiger partial charge in [-0.1, -0.05) is 24.4 Å². The Morgan fingerprint density at radius 1 is 1.37 bits per heavy atom. The van der Waals surface area contributed by atoms with Crippen molar-refractivity contribution in [1.82, 2.24) is 15.5 Å². The van der Waals surface area contributed by atoms with Crippen molar-refractivity contribution >= 4 is 23.2 Å². The van der Waals surface area contributed by atoms with Gasteiger partial charge in [0.1, 0.15) is 0 Å². The van der Waals surface area contributed by atoms with Crippen LogP contribution < -0.4 is 5.32 Å². The summed E-state index contributed by atoms with van der Waals surface area (Å²) in [6.07, 6.45) is 5.64. The molecule has 27 heavy (non-hydrogen) atoms. The summed E-state index contributed by atoms with van der Waals surface area (Å²) in [6.45, 7) is 2.25. The predicted octanol–water partition coefficient (Wildman–Crippen LogP) is 3.36. The van der Waals surface area contributed by atoms with E-state index in [0.717, 1.165) is 18.4 Å². The van der Waals surface area contributed by atoms with E-state index in [0.29, 0.717) is 24.2 Å². The lowest BCUT2D eigenvalue weighted by atomic mass is 9.89. The van der Waals surface area contributed by atoms with Gasteiger partial charge in [-0.2, -0.15) is 16.3 Å². The first-order chi connectivity index (χ1) is 13.1. The molecule has 1 fully saturated rings. The summed E-state index contributed by atoms with van der Waals surface area (Å²) < 4.78 is 10.4. The average molecular weight is 391 g/mol. The second kappa shape index (κ2) is 9.64. The first kappa shape index (κ1) is 19.5. The number of hydrogen-bond donors (Lipinski definition) is 1. The monoisotopic (exact) mass is 391 g/mol. The maximum atomic E-state index is 12.1. The SMILES string of the molecule is C[C@H](OC(=O)CCc1nc(-c2ccsc2)no1)C(=O)NCC1CCCCC1. The summed E-state index contributed by atoms with van der Waals surface area (Å²) in [6, 6.07) is 1.90. The molecule has 0 saturated heterocycles. The second-order valence-electron chi connectivity index (χ2n) is 6.91. The molecule has 7 nitrogen and oxygen atoms in total. The van der Waals surface area contributed by atoms with Crippen molar-refractivity contribution in [3.8, 4) is 11.4 Å². The second-order valence-corrected chi connectivity index (χ2v) is 7.69. The summed E-state index contributed by atoms with van der Waals surface area (Å²) in [5.74, 6) is 0.732. The number of thiophene rings is 1. The zero-order chi connectivity index (χ0) is 19.1. The lowest BCUT2D eigenvalue weighted by Crippen LogP contribution is -2.38. The molecule has 1 atom stereocenters. The fraction of sp³-hybridized carbons (Fsp3) is 0.579. The first-order valence-electron chi connectivity index (χ1n) is 9.44. The summed E-state index contributed by atoms with van der Waals surface area (Å²) in [5, 5.41) is 10.7. The van der Waals surface area contributed by atoms with Crippen LogP contribution in [0.1, 0.15) is 51.3 Å². The van der Waals surface area contributed by atoms with Gasteiger partial charge in [0.2, 0.25) is 11.7 Å². The number of nitrogens with zero attached hydrogens (tertiary/aromatic N) is 2. The van der Waals surface area contributed by atoms with Crippen LogP contribution >= 0.6 is 11.3 Å². The lowest BCUT2D eigenvalue weighted by molar-refractivity contribution is -0.154. The fourth-order valence-electron chi connectivity index (χ4n) is 3.16. The Morgan fingerprint density at radius 2 is 2.19 bits per heavy atom. The third-order valence-electron chi connectivity index (χ3n) is 4.76. The molecular weight excluding hydrogens is 366 g/mol. The van der Waals surface area contributed by atoms with Crippen molar-refractivity contribution in [2.24, 2.45) is 5.92 Å². The largest absolute Gasteiger partial charge is 0.453 e. The minimum Gasteiger partial charge on any atom is -0.453 e. The molecule has 3 rings (SSSR count). The van der Waals surface area contributed by atoms with Crippen LogP contribution in [0, 0.1) is 5.92 Å². The van der Waals surface area contributed by atoms with Gasteiger partial charge < -0.3 is 14.6 Å². The molecular formula is C19H25N3O4S. The van der Waals surface area contributed by atoms with Crippen LogP contribution in [-0.4, -0.2) is 34.7 Å². The van der Waals surface area contributed by atoms with Crippen molar-refractivity contribution in [3.05, 3.63) is 22.7 Å². The van der Waals surface area contributed by atoms with Crippen LogP contribution in [0.5, 0.6) is 0 Å². The van der Waals surface area contributed by atoms with E-state index in [1.165, 1.54) is 19.3 Å². The number of esters is 1. The van der Waals surface area contributed by atoms with Gasteiger partial charge in [-0.05, 0) is 37.1 Å². The molecule has 0 aliphatic heterocycles. The van der Waals surface area contributed by atoms with Crippen molar-refractivity contribution in [2.75, 3.05) is 6.54 Å². The number of ether oxygens (including phenoxy) is 1. The predicted molar refractivity (Wildman–Crippen MR) is 101 cm³/mol. The Hall–Kier alpha value is -2.22. The van der Waals surface area contributed by atoms with Gasteiger partial charge in [0.25, 0.3) is 5.91 Å². The van der Waals surface area contributed by atoms with Crippen LogP contribution in [0.2, 0.25) is 0 Å². The number of nitrogens with one attached hydrogen (secondary N) is 1. The molecule has 0 spiro atoms. The quantitative estimate of drug-likeness (QED) is 0.694. The van der Waals surface area contributed by atoms with Gasteiger partial charge in [0, 0.05) is 23.9 Å². The standard InChI is InChI=1S/C19H25N3O4S/c1-13(19(24)20-11-14-5-3-2-4-6-14)25-17(23)8-7-16-21-18(22-26-16)15-9-10-27-12-15/h9-10,12-14H,2-8,11H2,1H3,(H,20,24)/t13-/m0/s1. The van der Waals surface area contributed by atoms with E-state index >= 15 is 0 Å². The molecule has 2 aromatic heterocycles. The van der Waals surface area contributed by atoms with Crippen LogP contribution in [0.25, 0.3) is 11.4 Å². The van der Waals surface area contributed by atoms with Gasteiger partial charge in [0.15, 0.2) is 6.10 Å². The summed E-state index contributed by atoms with van der Waals surface area (Å²) in [5.41, 5.74) is 0.890. The number of carbonyl (C=O) groups is 2. The van der Waals surface area contributed by atoms with Gasteiger partial charge in [-0.3, -0.25) is 9.59 Å². The van der Waals surface area contributed by atoms with Crippen LogP contribution in [0.15, 0.2) is 21.3 Å². The van der Waals surface area contributed by atoms with Gasteiger partial charge >= 0.3 is 5.97 Å². The minimum absolute atomic E-state index is 0.0888. The molecule has 146 valence electrons. The van der Waals surface area contributed by atoms with E-state index < -0.39 is 12.1 Å². The number of amides is 1. The van der Waals surface area contributed by atoms with Crippen molar-refractivity contribution in [1.29, 1.82) is 0 Å². The third kappa shape index (κ3) is 5.89. The normalized spacial score (nSPS) is 16.0. The van der Waals surface area contributed by atoms with Gasteiger partial charge in [0.05, 0.1) is 6.42 Å². The van der Waals surface area contributed by atoms with Crippen LogP contribution in [-0.2, 0) is 20.7 Å². The topological polar surface area (TPSA) is 94.3 Å². The molecule has 1 aliphatic carbocycles. The molecule has 0 radical (unpaired) electrons. The number of aromatic nitrogens is 2. The highest BCUT2D eigenvalue weighted by Gasteiger charge is 2.20. The first-order valence-corrected chi connectivity index (χ1v) is 10.4. The molecule has 2 heterocycles. The molecule has 1 saturated carbocycles. The van der Waals surface area contributed by atoms with Crippen molar-refractivity contribution in [2.45, 2.75) is 58.0 Å². The van der Waals surface area contributed by atoms with E-state index in [1.807, 2.05) is 16.8 Å². The summed E-state index contributed by atoms with van der Waals surface area (Å²) in [4.78, 5) is 28.3. The molecule has 0 aromatic carbocycles. The van der Waals surface area contributed by atoms with Crippen molar-refractivity contribution < 1.29 is 18.8 Å². The minimum atomic E-state index is -0.801. The number of carbonyl (C=O) groups excluding carboxylic acids is 2. The molecule has 1 N–H and O–H groups in total. The molecule has 0 bridgehead atoms. The van der Waals surface area contributed by atoms with E-state index in [1.54, 1.807) is 18.3 Å². The lowest BCUT2D eigenvalue weighted by Gasteiger charge is -2.22. The zero-order valence-electron chi connectivity index (χ0n) is 15.5. The number of hydrogen-bond acceptors (Lipinski definition) is 7. The highest BCUT2D eigenvalue weighted by atomic mass is 32.1. The smallest absolute Gasteiger partial charge is 0.307 e. The molecule has 1 aliphatic rings. The molecule has 1 amide bonds. The Balaban J connectivity index is 1.37. The maximum Gasteiger partial charge on any atom is 0.307 e. The Kier molecular flexibility index (Phi) is 6.98. The van der Waals surface area contributed by atoms with E-state index in [9.17, 15) is 9.59 Å². The summed E-state index contributed by atoms with van der Waals surface area (Å²) >= 11 is 1.55. The average Bonchev–Trinajstić information content (AvgIpc) is 3.36. The fourth-order valence-corrected chi connectivity index (χ4v) is 3.80. The zero-order valence-corrected chi connectivity index (χ0v) is 16.3. The number of rotatable bonds is 8.